The molecule has 0 spiro atoms. The fourth-order valence-electron chi connectivity index (χ4n) is 3.76. The standard InChI is InChI=1S/C16H22ClN/c1-3-4-11-5-6-12-13(15(11)17)7-8-16(2)10-18-9-14(12)16/h5-6,14,18H,3-4,7-10H2,1-2H3/t14-,16-/m1/s1. The first-order valence-corrected chi connectivity index (χ1v) is 7.54. The molecular formula is C16H22ClN. The van der Waals surface area contributed by atoms with Crippen LogP contribution in [0.25, 0.3) is 0 Å². The van der Waals surface area contributed by atoms with Crippen molar-refractivity contribution in [3.8, 4) is 0 Å². The molecule has 1 aliphatic carbocycles. The number of nitrogens with one attached hydrogen (secondary N) is 1. The highest BCUT2D eigenvalue weighted by Crippen LogP contribution is 2.49. The highest BCUT2D eigenvalue weighted by atomic mass is 35.5. The summed E-state index contributed by atoms with van der Waals surface area (Å²) in [7, 11) is 0. The third-order valence-electron chi connectivity index (χ3n) is 4.92. The zero-order valence-electron chi connectivity index (χ0n) is 11.4. The van der Waals surface area contributed by atoms with E-state index in [0.29, 0.717) is 11.3 Å². The molecule has 1 aliphatic heterocycles. The monoisotopic (exact) mass is 263 g/mol. The van der Waals surface area contributed by atoms with E-state index < -0.39 is 0 Å². The maximum Gasteiger partial charge on any atom is 0.0472 e. The molecule has 1 fully saturated rings. The lowest BCUT2D eigenvalue weighted by molar-refractivity contribution is 0.277. The number of hydrogen-bond acceptors (Lipinski definition) is 1. The van der Waals surface area contributed by atoms with Gasteiger partial charge in [0.05, 0.1) is 0 Å². The summed E-state index contributed by atoms with van der Waals surface area (Å²) in [6, 6.07) is 4.61. The molecular weight excluding hydrogens is 242 g/mol. The van der Waals surface area contributed by atoms with Crippen LogP contribution in [0.3, 0.4) is 0 Å². The van der Waals surface area contributed by atoms with Crippen molar-refractivity contribution in [2.75, 3.05) is 13.1 Å². The Morgan fingerprint density at radius 3 is 3.06 bits per heavy atom. The van der Waals surface area contributed by atoms with Gasteiger partial charge in [0.1, 0.15) is 0 Å². The van der Waals surface area contributed by atoms with Crippen LogP contribution in [0.1, 0.15) is 49.3 Å². The molecule has 0 amide bonds. The summed E-state index contributed by atoms with van der Waals surface area (Å²) >= 11 is 6.62. The third-order valence-corrected chi connectivity index (χ3v) is 5.39. The largest absolute Gasteiger partial charge is 0.316 e. The lowest BCUT2D eigenvalue weighted by atomic mass is 9.67. The van der Waals surface area contributed by atoms with Gasteiger partial charge in [0.2, 0.25) is 0 Å². The quantitative estimate of drug-likeness (QED) is 0.853. The normalized spacial score (nSPS) is 30.1. The second-order valence-corrected chi connectivity index (χ2v) is 6.57. The van der Waals surface area contributed by atoms with E-state index in [9.17, 15) is 0 Å². The van der Waals surface area contributed by atoms with Gasteiger partial charge in [0.15, 0.2) is 0 Å². The number of fused-ring (bicyclic) bond motifs is 3. The first kappa shape index (κ1) is 12.5. The number of benzene rings is 1. The summed E-state index contributed by atoms with van der Waals surface area (Å²) in [5.74, 6) is 0.662. The van der Waals surface area contributed by atoms with Gasteiger partial charge in [0, 0.05) is 24.0 Å². The highest BCUT2D eigenvalue weighted by molar-refractivity contribution is 6.32. The smallest absolute Gasteiger partial charge is 0.0472 e. The molecule has 1 N–H and O–H groups in total. The Hall–Kier alpha value is -0.530. The van der Waals surface area contributed by atoms with E-state index in [1.807, 2.05) is 0 Å². The lowest BCUT2D eigenvalue weighted by Gasteiger charge is -2.37. The summed E-state index contributed by atoms with van der Waals surface area (Å²) in [6.07, 6.45) is 4.70. The molecule has 2 aliphatic rings. The number of halogens is 1. The first-order chi connectivity index (χ1) is 8.65. The van der Waals surface area contributed by atoms with E-state index in [2.05, 4.69) is 31.3 Å². The fourth-order valence-corrected chi connectivity index (χ4v) is 4.12. The van der Waals surface area contributed by atoms with E-state index in [0.717, 1.165) is 31.0 Å². The zero-order valence-corrected chi connectivity index (χ0v) is 12.1. The van der Waals surface area contributed by atoms with E-state index in [1.54, 1.807) is 0 Å². The van der Waals surface area contributed by atoms with Gasteiger partial charge < -0.3 is 5.32 Å². The molecule has 1 aromatic rings. The SMILES string of the molecule is CCCc1ccc2c(c1Cl)CC[C@]1(C)CNC[C@H]21. The van der Waals surface area contributed by atoms with Crippen molar-refractivity contribution in [2.45, 2.75) is 45.4 Å². The zero-order chi connectivity index (χ0) is 12.8. The van der Waals surface area contributed by atoms with Gasteiger partial charge >= 0.3 is 0 Å². The molecule has 18 heavy (non-hydrogen) atoms. The average molecular weight is 264 g/mol. The molecule has 1 nitrogen and oxygen atoms in total. The molecule has 98 valence electrons. The third kappa shape index (κ3) is 1.80. The van der Waals surface area contributed by atoms with Gasteiger partial charge in [-0.2, -0.15) is 0 Å². The summed E-state index contributed by atoms with van der Waals surface area (Å²) in [4.78, 5) is 0. The van der Waals surface area contributed by atoms with E-state index in [4.69, 9.17) is 11.6 Å². The molecule has 2 heteroatoms. The van der Waals surface area contributed by atoms with Crippen LogP contribution in [0.5, 0.6) is 0 Å². The predicted molar refractivity (Wildman–Crippen MR) is 77.5 cm³/mol. The van der Waals surface area contributed by atoms with E-state index in [-0.39, 0.29) is 0 Å². The molecule has 1 aromatic carbocycles. The summed E-state index contributed by atoms with van der Waals surface area (Å²) in [5.41, 5.74) is 4.74. The molecule has 1 saturated heterocycles. The summed E-state index contributed by atoms with van der Waals surface area (Å²) in [6.45, 7) is 6.92. The van der Waals surface area contributed by atoms with Gasteiger partial charge in [-0.15, -0.1) is 0 Å². The summed E-state index contributed by atoms with van der Waals surface area (Å²) in [5, 5.41) is 4.62. The van der Waals surface area contributed by atoms with Crippen LogP contribution in [0.15, 0.2) is 12.1 Å². The second-order valence-electron chi connectivity index (χ2n) is 6.19. The van der Waals surface area contributed by atoms with Crippen molar-refractivity contribution in [2.24, 2.45) is 5.41 Å². The molecule has 0 bridgehead atoms. The summed E-state index contributed by atoms with van der Waals surface area (Å²) < 4.78 is 0. The molecule has 0 radical (unpaired) electrons. The van der Waals surface area contributed by atoms with E-state index >= 15 is 0 Å². The number of rotatable bonds is 2. The van der Waals surface area contributed by atoms with Crippen LogP contribution in [0.2, 0.25) is 5.02 Å². The van der Waals surface area contributed by atoms with Gasteiger partial charge in [-0.05, 0) is 41.4 Å². The van der Waals surface area contributed by atoms with Crippen LogP contribution < -0.4 is 5.32 Å². The topological polar surface area (TPSA) is 12.0 Å². The number of aryl methyl sites for hydroxylation is 1. The van der Waals surface area contributed by atoms with Crippen LogP contribution in [0, 0.1) is 5.41 Å². The maximum atomic E-state index is 6.62. The maximum absolute atomic E-state index is 6.62. The van der Waals surface area contributed by atoms with Crippen LogP contribution in [-0.2, 0) is 12.8 Å². The van der Waals surface area contributed by atoms with Gasteiger partial charge in [-0.3, -0.25) is 0 Å². The Labute approximate surface area is 115 Å². The minimum Gasteiger partial charge on any atom is -0.316 e. The minimum absolute atomic E-state index is 0.447. The lowest BCUT2D eigenvalue weighted by Crippen LogP contribution is -2.30. The molecule has 0 unspecified atom stereocenters. The fraction of sp³-hybridized carbons (Fsp3) is 0.625. The van der Waals surface area contributed by atoms with Crippen molar-refractivity contribution >= 4 is 11.6 Å². The second kappa shape index (κ2) is 4.54. The first-order valence-electron chi connectivity index (χ1n) is 7.16. The van der Waals surface area contributed by atoms with Gasteiger partial charge in [-0.1, -0.05) is 44.0 Å². The Kier molecular flexibility index (Phi) is 3.15. The van der Waals surface area contributed by atoms with Crippen molar-refractivity contribution in [3.63, 3.8) is 0 Å². The van der Waals surface area contributed by atoms with Crippen LogP contribution in [0.4, 0.5) is 0 Å². The van der Waals surface area contributed by atoms with Gasteiger partial charge in [-0.25, -0.2) is 0 Å². The molecule has 2 atom stereocenters. The Morgan fingerprint density at radius 2 is 2.28 bits per heavy atom. The minimum atomic E-state index is 0.447. The van der Waals surface area contributed by atoms with Gasteiger partial charge in [0.25, 0.3) is 0 Å². The average Bonchev–Trinajstić information content (AvgIpc) is 2.75. The molecule has 0 saturated carbocycles. The molecule has 0 aromatic heterocycles. The highest BCUT2D eigenvalue weighted by Gasteiger charge is 2.43. The van der Waals surface area contributed by atoms with Crippen molar-refractivity contribution in [1.82, 2.24) is 5.32 Å². The van der Waals surface area contributed by atoms with Crippen LogP contribution >= 0.6 is 11.6 Å². The Morgan fingerprint density at radius 1 is 1.44 bits per heavy atom. The number of hydrogen-bond donors (Lipinski definition) is 1. The predicted octanol–water partition coefficient (Wildman–Crippen LogP) is 3.93. The Balaban J connectivity index is 2.04. The Bertz CT molecular complexity index is 468. The van der Waals surface area contributed by atoms with Crippen molar-refractivity contribution < 1.29 is 0 Å². The van der Waals surface area contributed by atoms with Crippen LogP contribution in [-0.4, -0.2) is 13.1 Å². The van der Waals surface area contributed by atoms with Crippen molar-refractivity contribution in [3.05, 3.63) is 33.8 Å². The van der Waals surface area contributed by atoms with E-state index in [1.165, 1.54) is 29.5 Å². The molecule has 3 rings (SSSR count). The molecule has 1 heterocycles. The van der Waals surface area contributed by atoms with Crippen molar-refractivity contribution in [1.29, 1.82) is 0 Å².